The highest BCUT2D eigenvalue weighted by Gasteiger charge is 2.08. The first-order valence-corrected chi connectivity index (χ1v) is 5.78. The Balaban J connectivity index is 1.84. The fourth-order valence-corrected chi connectivity index (χ4v) is 2.06. The van der Waals surface area contributed by atoms with Crippen molar-refractivity contribution in [3.8, 4) is 0 Å². The van der Waals surface area contributed by atoms with Crippen LogP contribution in [0.5, 0.6) is 0 Å². The van der Waals surface area contributed by atoms with E-state index in [4.69, 9.17) is 0 Å². The lowest BCUT2D eigenvalue weighted by atomic mass is 10.0. The molecule has 0 bridgehead atoms. The van der Waals surface area contributed by atoms with E-state index in [0.29, 0.717) is 6.04 Å². The van der Waals surface area contributed by atoms with Crippen molar-refractivity contribution in [1.29, 1.82) is 0 Å². The molecule has 1 atom stereocenters. The predicted octanol–water partition coefficient (Wildman–Crippen LogP) is 3.19. The number of allylic oxidation sites excluding steroid dienone is 1. The van der Waals surface area contributed by atoms with E-state index in [1.807, 2.05) is 0 Å². The standard InChI is InChI=1S/C14H19N/c1-12-6-5-7-13(10-12)11-15-14-8-3-2-4-9-14/h2-3,5-7,10,14-15H,4,8-9,11H2,1H3. The lowest BCUT2D eigenvalue weighted by Crippen LogP contribution is -2.29. The molecule has 0 spiro atoms. The zero-order chi connectivity index (χ0) is 10.5. The first-order chi connectivity index (χ1) is 7.34. The van der Waals surface area contributed by atoms with Gasteiger partial charge < -0.3 is 5.32 Å². The number of rotatable bonds is 3. The molecule has 0 saturated carbocycles. The molecule has 0 radical (unpaired) electrons. The maximum absolute atomic E-state index is 3.61. The maximum Gasteiger partial charge on any atom is 0.0208 e. The second-order valence-electron chi connectivity index (χ2n) is 4.35. The Morgan fingerprint density at radius 2 is 2.27 bits per heavy atom. The number of hydrogen-bond donors (Lipinski definition) is 1. The van der Waals surface area contributed by atoms with E-state index in [9.17, 15) is 0 Å². The Morgan fingerprint density at radius 1 is 1.33 bits per heavy atom. The van der Waals surface area contributed by atoms with Crippen molar-refractivity contribution in [1.82, 2.24) is 5.32 Å². The third-order valence-electron chi connectivity index (χ3n) is 2.95. The topological polar surface area (TPSA) is 12.0 Å². The molecule has 1 N–H and O–H groups in total. The summed E-state index contributed by atoms with van der Waals surface area (Å²) in [5.74, 6) is 0. The van der Waals surface area contributed by atoms with Gasteiger partial charge in [0.15, 0.2) is 0 Å². The highest BCUT2D eigenvalue weighted by atomic mass is 14.9. The highest BCUT2D eigenvalue weighted by molar-refractivity contribution is 5.22. The normalized spacial score (nSPS) is 20.5. The Hall–Kier alpha value is -1.08. The van der Waals surface area contributed by atoms with Crippen molar-refractivity contribution < 1.29 is 0 Å². The van der Waals surface area contributed by atoms with Crippen LogP contribution in [0.3, 0.4) is 0 Å². The summed E-state index contributed by atoms with van der Waals surface area (Å²) in [4.78, 5) is 0. The Labute approximate surface area is 92.2 Å². The molecule has 1 aromatic rings. The molecule has 0 saturated heterocycles. The molecule has 2 rings (SSSR count). The van der Waals surface area contributed by atoms with Crippen LogP contribution in [0.25, 0.3) is 0 Å². The molecule has 1 aromatic carbocycles. The second kappa shape index (κ2) is 5.13. The molecule has 0 aliphatic heterocycles. The maximum atomic E-state index is 3.61. The zero-order valence-corrected chi connectivity index (χ0v) is 9.37. The van der Waals surface area contributed by atoms with Crippen LogP contribution in [0.1, 0.15) is 30.4 Å². The fourth-order valence-electron chi connectivity index (χ4n) is 2.06. The van der Waals surface area contributed by atoms with Gasteiger partial charge in [-0.3, -0.25) is 0 Å². The number of aryl methyl sites for hydroxylation is 1. The van der Waals surface area contributed by atoms with Gasteiger partial charge >= 0.3 is 0 Å². The molecule has 15 heavy (non-hydrogen) atoms. The van der Waals surface area contributed by atoms with Gasteiger partial charge in [0.2, 0.25) is 0 Å². The quantitative estimate of drug-likeness (QED) is 0.741. The van der Waals surface area contributed by atoms with Crippen molar-refractivity contribution in [3.63, 3.8) is 0 Å². The molecule has 1 nitrogen and oxygen atoms in total. The zero-order valence-electron chi connectivity index (χ0n) is 9.37. The molecule has 1 unspecified atom stereocenters. The summed E-state index contributed by atoms with van der Waals surface area (Å²) < 4.78 is 0. The molecule has 0 aromatic heterocycles. The molecule has 0 amide bonds. The van der Waals surface area contributed by atoms with Crippen molar-refractivity contribution in [2.75, 3.05) is 0 Å². The average molecular weight is 201 g/mol. The summed E-state index contributed by atoms with van der Waals surface area (Å²) in [5.41, 5.74) is 2.74. The van der Waals surface area contributed by atoms with Gasteiger partial charge in [0.25, 0.3) is 0 Å². The van der Waals surface area contributed by atoms with Gasteiger partial charge in [-0.1, -0.05) is 42.0 Å². The van der Waals surface area contributed by atoms with Crippen molar-refractivity contribution >= 4 is 0 Å². The summed E-state index contributed by atoms with van der Waals surface area (Å²) in [7, 11) is 0. The van der Waals surface area contributed by atoms with Gasteiger partial charge in [0.05, 0.1) is 0 Å². The summed E-state index contributed by atoms with van der Waals surface area (Å²) >= 11 is 0. The van der Waals surface area contributed by atoms with Crippen LogP contribution >= 0.6 is 0 Å². The van der Waals surface area contributed by atoms with Gasteiger partial charge in [-0.05, 0) is 31.7 Å². The number of benzene rings is 1. The molecule has 1 aliphatic rings. The van der Waals surface area contributed by atoms with E-state index in [1.165, 1.54) is 30.4 Å². The SMILES string of the molecule is Cc1cccc(CNC2CC=CCC2)c1. The lowest BCUT2D eigenvalue weighted by Gasteiger charge is -2.19. The minimum Gasteiger partial charge on any atom is -0.310 e. The summed E-state index contributed by atoms with van der Waals surface area (Å²) in [5, 5.41) is 3.61. The molecule has 80 valence electrons. The Kier molecular flexibility index (Phi) is 3.57. The lowest BCUT2D eigenvalue weighted by molar-refractivity contribution is 0.474. The molecular weight excluding hydrogens is 182 g/mol. The summed E-state index contributed by atoms with van der Waals surface area (Å²) in [6.45, 7) is 3.15. The number of nitrogens with one attached hydrogen (secondary N) is 1. The molecular formula is C14H19N. The average Bonchev–Trinajstić information content (AvgIpc) is 2.28. The monoisotopic (exact) mass is 201 g/mol. The van der Waals surface area contributed by atoms with Crippen LogP contribution in [0.15, 0.2) is 36.4 Å². The third kappa shape index (κ3) is 3.21. The molecule has 0 heterocycles. The summed E-state index contributed by atoms with van der Waals surface area (Å²) in [6, 6.07) is 9.40. The van der Waals surface area contributed by atoms with E-state index < -0.39 is 0 Å². The smallest absolute Gasteiger partial charge is 0.0208 e. The van der Waals surface area contributed by atoms with Crippen LogP contribution in [-0.4, -0.2) is 6.04 Å². The van der Waals surface area contributed by atoms with E-state index in [0.717, 1.165) is 6.54 Å². The molecule has 1 aliphatic carbocycles. The second-order valence-corrected chi connectivity index (χ2v) is 4.35. The fraction of sp³-hybridized carbons (Fsp3) is 0.429. The van der Waals surface area contributed by atoms with Crippen molar-refractivity contribution in [3.05, 3.63) is 47.5 Å². The summed E-state index contributed by atoms with van der Waals surface area (Å²) in [6.07, 6.45) is 8.27. The van der Waals surface area contributed by atoms with Crippen molar-refractivity contribution in [2.45, 2.75) is 38.8 Å². The van der Waals surface area contributed by atoms with E-state index in [1.54, 1.807) is 0 Å². The van der Waals surface area contributed by atoms with Gasteiger partial charge in [0.1, 0.15) is 0 Å². The predicted molar refractivity (Wildman–Crippen MR) is 64.8 cm³/mol. The highest BCUT2D eigenvalue weighted by Crippen LogP contribution is 2.11. The molecule has 1 heteroatoms. The third-order valence-corrected chi connectivity index (χ3v) is 2.95. The first kappa shape index (κ1) is 10.4. The van der Waals surface area contributed by atoms with Crippen LogP contribution < -0.4 is 5.32 Å². The van der Waals surface area contributed by atoms with Gasteiger partial charge in [-0.15, -0.1) is 0 Å². The number of hydrogen-bond acceptors (Lipinski definition) is 1. The minimum absolute atomic E-state index is 0.676. The van der Waals surface area contributed by atoms with E-state index in [-0.39, 0.29) is 0 Å². The van der Waals surface area contributed by atoms with Crippen LogP contribution in [0, 0.1) is 6.92 Å². The van der Waals surface area contributed by atoms with Gasteiger partial charge in [-0.25, -0.2) is 0 Å². The van der Waals surface area contributed by atoms with E-state index >= 15 is 0 Å². The van der Waals surface area contributed by atoms with Crippen LogP contribution in [0.2, 0.25) is 0 Å². The van der Waals surface area contributed by atoms with Crippen molar-refractivity contribution in [2.24, 2.45) is 0 Å². The first-order valence-electron chi connectivity index (χ1n) is 5.78. The van der Waals surface area contributed by atoms with Gasteiger partial charge in [-0.2, -0.15) is 0 Å². The van der Waals surface area contributed by atoms with Crippen LogP contribution in [-0.2, 0) is 6.54 Å². The van der Waals surface area contributed by atoms with Crippen LogP contribution in [0.4, 0.5) is 0 Å². The Bertz CT molecular complexity index is 341. The van der Waals surface area contributed by atoms with E-state index in [2.05, 4.69) is 48.7 Å². The minimum atomic E-state index is 0.676. The molecule has 0 fully saturated rings. The van der Waals surface area contributed by atoms with Gasteiger partial charge in [0, 0.05) is 12.6 Å². The Morgan fingerprint density at radius 3 is 3.00 bits per heavy atom. The largest absolute Gasteiger partial charge is 0.310 e.